The van der Waals surface area contributed by atoms with Crippen molar-refractivity contribution in [3.8, 4) is 0 Å². The van der Waals surface area contributed by atoms with E-state index >= 15 is 0 Å². The lowest BCUT2D eigenvalue weighted by Crippen LogP contribution is -2.17. The van der Waals surface area contributed by atoms with Crippen molar-refractivity contribution in [1.82, 2.24) is 5.16 Å². The number of hydrogen-bond donors (Lipinski definition) is 1. The molecule has 2 rings (SSSR count). The second kappa shape index (κ2) is 2.84. The molecule has 0 amide bonds. The zero-order valence-corrected chi connectivity index (χ0v) is 8.21. The maximum atomic E-state index is 5.98. The average Bonchev–Trinajstić information content (AvgIpc) is 2.62. The maximum absolute atomic E-state index is 5.98. The standard InChI is InChI=1S/C10H16N2O/c1-7(2)5-8-6-9(13-12-8)10(11)3-4-10/h6-7H,3-5,11H2,1-2H3. The average molecular weight is 180 g/mol. The zero-order chi connectivity index (χ0) is 9.47. The van der Waals surface area contributed by atoms with E-state index in [-0.39, 0.29) is 5.54 Å². The Morgan fingerprint density at radius 3 is 2.85 bits per heavy atom. The monoisotopic (exact) mass is 180 g/mol. The van der Waals surface area contributed by atoms with Gasteiger partial charge in [-0.1, -0.05) is 19.0 Å². The minimum absolute atomic E-state index is 0.178. The van der Waals surface area contributed by atoms with Crippen molar-refractivity contribution >= 4 is 0 Å². The Morgan fingerprint density at radius 2 is 2.31 bits per heavy atom. The molecule has 1 saturated carbocycles. The van der Waals surface area contributed by atoms with Crippen LogP contribution < -0.4 is 5.73 Å². The van der Waals surface area contributed by atoms with Gasteiger partial charge in [0.25, 0.3) is 0 Å². The van der Waals surface area contributed by atoms with Crippen molar-refractivity contribution in [1.29, 1.82) is 0 Å². The van der Waals surface area contributed by atoms with E-state index in [4.69, 9.17) is 10.3 Å². The second-order valence-corrected chi connectivity index (χ2v) is 4.44. The highest BCUT2D eigenvalue weighted by molar-refractivity contribution is 5.21. The third-order valence-electron chi connectivity index (χ3n) is 2.46. The van der Waals surface area contributed by atoms with Gasteiger partial charge in [0.1, 0.15) is 0 Å². The molecule has 13 heavy (non-hydrogen) atoms. The summed E-state index contributed by atoms with van der Waals surface area (Å²) in [5, 5.41) is 4.01. The molecule has 1 heterocycles. The van der Waals surface area contributed by atoms with E-state index in [0.29, 0.717) is 5.92 Å². The molecule has 2 N–H and O–H groups in total. The van der Waals surface area contributed by atoms with Gasteiger partial charge in [0, 0.05) is 6.07 Å². The maximum Gasteiger partial charge on any atom is 0.156 e. The number of hydrogen-bond acceptors (Lipinski definition) is 3. The normalized spacial score (nSPS) is 19.4. The van der Waals surface area contributed by atoms with Gasteiger partial charge in [-0.3, -0.25) is 0 Å². The molecule has 0 saturated heterocycles. The molecule has 0 atom stereocenters. The summed E-state index contributed by atoms with van der Waals surface area (Å²) in [6.07, 6.45) is 3.03. The van der Waals surface area contributed by atoms with Crippen LogP contribution in [0.1, 0.15) is 38.1 Å². The summed E-state index contributed by atoms with van der Waals surface area (Å²) in [6, 6.07) is 2.01. The van der Waals surface area contributed by atoms with Gasteiger partial charge < -0.3 is 10.3 Å². The summed E-state index contributed by atoms with van der Waals surface area (Å²) in [7, 11) is 0. The summed E-state index contributed by atoms with van der Waals surface area (Å²) >= 11 is 0. The van der Waals surface area contributed by atoms with Gasteiger partial charge in [-0.2, -0.15) is 0 Å². The van der Waals surface area contributed by atoms with Crippen LogP contribution in [-0.4, -0.2) is 5.16 Å². The summed E-state index contributed by atoms with van der Waals surface area (Å²) in [5.41, 5.74) is 6.83. The fraction of sp³-hybridized carbons (Fsp3) is 0.700. The van der Waals surface area contributed by atoms with Crippen molar-refractivity contribution in [2.45, 2.75) is 38.6 Å². The summed E-state index contributed by atoms with van der Waals surface area (Å²) in [6.45, 7) is 4.34. The number of rotatable bonds is 3. The predicted molar refractivity (Wildman–Crippen MR) is 50.1 cm³/mol. The summed E-state index contributed by atoms with van der Waals surface area (Å²) in [4.78, 5) is 0. The molecule has 0 unspecified atom stereocenters. The van der Waals surface area contributed by atoms with Crippen LogP contribution in [0.2, 0.25) is 0 Å². The van der Waals surface area contributed by atoms with Crippen LogP contribution in [0.4, 0.5) is 0 Å². The molecule has 0 radical (unpaired) electrons. The van der Waals surface area contributed by atoms with Crippen LogP contribution in [0.5, 0.6) is 0 Å². The van der Waals surface area contributed by atoms with Crippen molar-refractivity contribution < 1.29 is 4.52 Å². The molecule has 1 aliphatic rings. The molecular weight excluding hydrogens is 164 g/mol. The molecular formula is C10H16N2O. The fourth-order valence-corrected chi connectivity index (χ4v) is 1.44. The zero-order valence-electron chi connectivity index (χ0n) is 8.21. The van der Waals surface area contributed by atoms with Gasteiger partial charge in [-0.15, -0.1) is 0 Å². The van der Waals surface area contributed by atoms with Crippen LogP contribution >= 0.6 is 0 Å². The Hall–Kier alpha value is -0.830. The fourth-order valence-electron chi connectivity index (χ4n) is 1.44. The van der Waals surface area contributed by atoms with Gasteiger partial charge in [0.15, 0.2) is 5.76 Å². The smallest absolute Gasteiger partial charge is 0.156 e. The molecule has 1 fully saturated rings. The van der Waals surface area contributed by atoms with E-state index in [0.717, 1.165) is 30.7 Å². The molecule has 3 heteroatoms. The molecule has 0 spiro atoms. The highest BCUT2D eigenvalue weighted by Gasteiger charge is 2.43. The molecule has 0 aromatic carbocycles. The van der Waals surface area contributed by atoms with E-state index < -0.39 is 0 Å². The Labute approximate surface area is 78.3 Å². The molecule has 1 aliphatic carbocycles. The number of nitrogens with two attached hydrogens (primary N) is 1. The lowest BCUT2D eigenvalue weighted by molar-refractivity contribution is 0.348. The minimum Gasteiger partial charge on any atom is -0.359 e. The Morgan fingerprint density at radius 1 is 1.62 bits per heavy atom. The van der Waals surface area contributed by atoms with E-state index in [1.807, 2.05) is 6.07 Å². The lowest BCUT2D eigenvalue weighted by atomic mass is 10.1. The topological polar surface area (TPSA) is 52.0 Å². The van der Waals surface area contributed by atoms with Crippen LogP contribution in [-0.2, 0) is 12.0 Å². The Balaban J connectivity index is 2.09. The molecule has 0 aliphatic heterocycles. The predicted octanol–water partition coefficient (Wildman–Crippen LogP) is 1.82. The molecule has 72 valence electrons. The van der Waals surface area contributed by atoms with Gasteiger partial charge in [-0.25, -0.2) is 0 Å². The number of nitrogens with zero attached hydrogens (tertiary/aromatic N) is 1. The summed E-state index contributed by atoms with van der Waals surface area (Å²) in [5.74, 6) is 1.48. The Bertz CT molecular complexity index is 300. The van der Waals surface area contributed by atoms with Crippen molar-refractivity contribution in [3.63, 3.8) is 0 Å². The third-order valence-corrected chi connectivity index (χ3v) is 2.46. The van der Waals surface area contributed by atoms with E-state index in [9.17, 15) is 0 Å². The first-order chi connectivity index (χ1) is 6.10. The van der Waals surface area contributed by atoms with Crippen molar-refractivity contribution in [3.05, 3.63) is 17.5 Å². The second-order valence-electron chi connectivity index (χ2n) is 4.44. The van der Waals surface area contributed by atoms with Crippen LogP contribution in [0.25, 0.3) is 0 Å². The first kappa shape index (κ1) is 8.75. The molecule has 1 aromatic heterocycles. The van der Waals surface area contributed by atoms with Gasteiger partial charge in [0.2, 0.25) is 0 Å². The van der Waals surface area contributed by atoms with E-state index in [2.05, 4.69) is 19.0 Å². The first-order valence-electron chi connectivity index (χ1n) is 4.85. The van der Waals surface area contributed by atoms with Crippen LogP contribution in [0.15, 0.2) is 10.6 Å². The van der Waals surface area contributed by atoms with E-state index in [1.165, 1.54) is 0 Å². The van der Waals surface area contributed by atoms with Crippen molar-refractivity contribution in [2.24, 2.45) is 11.7 Å². The first-order valence-corrected chi connectivity index (χ1v) is 4.85. The third kappa shape index (κ3) is 1.75. The minimum atomic E-state index is -0.178. The highest BCUT2D eigenvalue weighted by Crippen LogP contribution is 2.42. The van der Waals surface area contributed by atoms with Gasteiger partial charge >= 0.3 is 0 Å². The van der Waals surface area contributed by atoms with Gasteiger partial charge in [-0.05, 0) is 25.2 Å². The Kier molecular flexibility index (Phi) is 1.91. The van der Waals surface area contributed by atoms with Crippen LogP contribution in [0, 0.1) is 5.92 Å². The summed E-state index contributed by atoms with van der Waals surface area (Å²) < 4.78 is 5.22. The SMILES string of the molecule is CC(C)Cc1cc(C2(N)CC2)on1. The highest BCUT2D eigenvalue weighted by atomic mass is 16.5. The van der Waals surface area contributed by atoms with E-state index in [1.54, 1.807) is 0 Å². The van der Waals surface area contributed by atoms with Crippen molar-refractivity contribution in [2.75, 3.05) is 0 Å². The largest absolute Gasteiger partial charge is 0.359 e. The molecule has 3 nitrogen and oxygen atoms in total. The van der Waals surface area contributed by atoms with Gasteiger partial charge in [0.05, 0.1) is 11.2 Å². The quantitative estimate of drug-likeness (QED) is 0.772. The molecule has 0 bridgehead atoms. The molecule has 1 aromatic rings. The lowest BCUT2D eigenvalue weighted by Gasteiger charge is -2.00. The van der Waals surface area contributed by atoms with Crippen LogP contribution in [0.3, 0.4) is 0 Å². The number of aromatic nitrogens is 1.